The van der Waals surface area contributed by atoms with Gasteiger partial charge in [0.1, 0.15) is 5.03 Å². The molecule has 3 nitrogen and oxygen atoms in total. The normalized spacial score (nSPS) is 10.0. The molecule has 0 aliphatic rings. The van der Waals surface area contributed by atoms with E-state index in [4.69, 9.17) is 5.11 Å². The average Bonchev–Trinajstić information content (AvgIpc) is 2.07. The quantitative estimate of drug-likeness (QED) is 0.689. The van der Waals surface area contributed by atoms with Crippen molar-refractivity contribution in [3.05, 3.63) is 17.8 Å². The van der Waals surface area contributed by atoms with Crippen LogP contribution in [0.15, 0.2) is 17.2 Å². The summed E-state index contributed by atoms with van der Waals surface area (Å²) in [5.74, 6) is 0.993. The SMILES string of the molecule is CCSc1ccc(CO)nn1. The second-order valence-corrected chi connectivity index (χ2v) is 3.24. The lowest BCUT2D eigenvalue weighted by atomic mass is 10.4. The molecule has 1 N–H and O–H groups in total. The second kappa shape index (κ2) is 4.31. The second-order valence-electron chi connectivity index (χ2n) is 1.95. The Morgan fingerprint density at radius 3 is 2.73 bits per heavy atom. The Balaban J connectivity index is 2.66. The Bertz CT molecular complexity index is 212. The van der Waals surface area contributed by atoms with Crippen LogP contribution in [0.2, 0.25) is 0 Å². The minimum Gasteiger partial charge on any atom is -0.390 e. The highest BCUT2D eigenvalue weighted by molar-refractivity contribution is 7.99. The molecule has 0 aliphatic heterocycles. The Labute approximate surface area is 69.9 Å². The van der Waals surface area contributed by atoms with Gasteiger partial charge < -0.3 is 5.11 Å². The third-order valence-electron chi connectivity index (χ3n) is 1.15. The molecule has 11 heavy (non-hydrogen) atoms. The summed E-state index contributed by atoms with van der Waals surface area (Å²) in [6.07, 6.45) is 0. The topological polar surface area (TPSA) is 46.0 Å². The Hall–Kier alpha value is -0.610. The van der Waals surface area contributed by atoms with E-state index < -0.39 is 0 Å². The van der Waals surface area contributed by atoms with Gasteiger partial charge in [0.05, 0.1) is 12.3 Å². The molecule has 4 heteroatoms. The van der Waals surface area contributed by atoms with Gasteiger partial charge in [-0.1, -0.05) is 6.92 Å². The number of aliphatic hydroxyl groups excluding tert-OH is 1. The smallest absolute Gasteiger partial charge is 0.119 e. The highest BCUT2D eigenvalue weighted by Gasteiger charge is 1.94. The molecule has 0 saturated carbocycles. The maximum absolute atomic E-state index is 8.65. The third kappa shape index (κ3) is 2.48. The first kappa shape index (κ1) is 8.49. The molecule has 1 rings (SSSR count). The van der Waals surface area contributed by atoms with Gasteiger partial charge in [0.15, 0.2) is 0 Å². The van der Waals surface area contributed by atoms with E-state index in [1.807, 2.05) is 6.07 Å². The lowest BCUT2D eigenvalue weighted by molar-refractivity contribution is 0.275. The Kier molecular flexibility index (Phi) is 3.32. The van der Waals surface area contributed by atoms with Crippen LogP contribution in [0.4, 0.5) is 0 Å². The fraction of sp³-hybridized carbons (Fsp3) is 0.429. The molecular formula is C7H10N2OS. The minimum atomic E-state index is -0.0376. The summed E-state index contributed by atoms with van der Waals surface area (Å²) in [5.41, 5.74) is 0.616. The molecule has 1 aromatic heterocycles. The summed E-state index contributed by atoms with van der Waals surface area (Å²) in [4.78, 5) is 0. The number of nitrogens with zero attached hydrogens (tertiary/aromatic N) is 2. The van der Waals surface area contributed by atoms with Crippen molar-refractivity contribution in [1.29, 1.82) is 0 Å². The molecule has 0 bridgehead atoms. The van der Waals surface area contributed by atoms with Gasteiger partial charge in [0.25, 0.3) is 0 Å². The zero-order chi connectivity index (χ0) is 8.10. The third-order valence-corrected chi connectivity index (χ3v) is 1.95. The van der Waals surface area contributed by atoms with Crippen molar-refractivity contribution >= 4 is 11.8 Å². The van der Waals surface area contributed by atoms with Crippen molar-refractivity contribution in [1.82, 2.24) is 10.2 Å². The van der Waals surface area contributed by atoms with Gasteiger partial charge in [-0.05, 0) is 17.9 Å². The van der Waals surface area contributed by atoms with E-state index in [0.717, 1.165) is 10.8 Å². The number of thioether (sulfide) groups is 1. The number of hydrogen-bond acceptors (Lipinski definition) is 4. The van der Waals surface area contributed by atoms with Crippen molar-refractivity contribution in [2.75, 3.05) is 5.75 Å². The Morgan fingerprint density at radius 1 is 1.45 bits per heavy atom. The monoisotopic (exact) mass is 170 g/mol. The number of hydrogen-bond donors (Lipinski definition) is 1. The van der Waals surface area contributed by atoms with Crippen molar-refractivity contribution in [3.8, 4) is 0 Å². The summed E-state index contributed by atoms with van der Waals surface area (Å²) in [6.45, 7) is 2.02. The summed E-state index contributed by atoms with van der Waals surface area (Å²) >= 11 is 1.64. The molecule has 0 amide bonds. The molecule has 0 saturated heterocycles. The van der Waals surface area contributed by atoms with Crippen molar-refractivity contribution in [3.63, 3.8) is 0 Å². The van der Waals surface area contributed by atoms with E-state index in [2.05, 4.69) is 17.1 Å². The lowest BCUT2D eigenvalue weighted by Crippen LogP contribution is -1.92. The van der Waals surface area contributed by atoms with Crippen LogP contribution in [-0.2, 0) is 6.61 Å². The summed E-state index contributed by atoms with van der Waals surface area (Å²) < 4.78 is 0. The van der Waals surface area contributed by atoms with E-state index >= 15 is 0 Å². The van der Waals surface area contributed by atoms with Crippen molar-refractivity contribution < 1.29 is 5.11 Å². The van der Waals surface area contributed by atoms with Crippen LogP contribution >= 0.6 is 11.8 Å². The van der Waals surface area contributed by atoms with Gasteiger partial charge in [-0.2, -0.15) is 5.10 Å². The van der Waals surface area contributed by atoms with Crippen LogP contribution in [-0.4, -0.2) is 21.1 Å². The molecule has 0 fully saturated rings. The highest BCUT2D eigenvalue weighted by Crippen LogP contribution is 2.12. The van der Waals surface area contributed by atoms with Crippen molar-refractivity contribution in [2.45, 2.75) is 18.6 Å². The fourth-order valence-electron chi connectivity index (χ4n) is 0.657. The number of aliphatic hydroxyl groups is 1. The zero-order valence-corrected chi connectivity index (χ0v) is 7.14. The van der Waals surface area contributed by atoms with Gasteiger partial charge in [-0.25, -0.2) is 0 Å². The number of rotatable bonds is 3. The zero-order valence-electron chi connectivity index (χ0n) is 6.32. The van der Waals surface area contributed by atoms with E-state index in [1.54, 1.807) is 17.8 Å². The lowest BCUT2D eigenvalue weighted by Gasteiger charge is -1.96. The molecule has 0 aliphatic carbocycles. The predicted molar refractivity (Wildman–Crippen MR) is 44.4 cm³/mol. The van der Waals surface area contributed by atoms with Crippen LogP contribution in [0.5, 0.6) is 0 Å². The molecule has 1 heterocycles. The van der Waals surface area contributed by atoms with Crippen LogP contribution in [0.3, 0.4) is 0 Å². The molecule has 0 aromatic carbocycles. The molecule has 0 atom stereocenters. The first-order valence-corrected chi connectivity index (χ1v) is 4.41. The molecule has 60 valence electrons. The first-order valence-electron chi connectivity index (χ1n) is 3.43. The van der Waals surface area contributed by atoms with E-state index in [-0.39, 0.29) is 6.61 Å². The van der Waals surface area contributed by atoms with E-state index in [9.17, 15) is 0 Å². The summed E-state index contributed by atoms with van der Waals surface area (Å²) in [5, 5.41) is 17.2. The van der Waals surface area contributed by atoms with Gasteiger partial charge >= 0.3 is 0 Å². The van der Waals surface area contributed by atoms with Gasteiger partial charge in [0.2, 0.25) is 0 Å². The average molecular weight is 170 g/mol. The fourth-order valence-corrected chi connectivity index (χ4v) is 1.22. The highest BCUT2D eigenvalue weighted by atomic mass is 32.2. The van der Waals surface area contributed by atoms with Crippen LogP contribution in [0.25, 0.3) is 0 Å². The maximum Gasteiger partial charge on any atom is 0.119 e. The molecule has 0 unspecified atom stereocenters. The Morgan fingerprint density at radius 2 is 2.27 bits per heavy atom. The van der Waals surface area contributed by atoms with E-state index in [0.29, 0.717) is 5.69 Å². The van der Waals surface area contributed by atoms with E-state index in [1.165, 1.54) is 0 Å². The summed E-state index contributed by atoms with van der Waals surface area (Å²) in [7, 11) is 0. The predicted octanol–water partition coefficient (Wildman–Crippen LogP) is 1.08. The van der Waals surface area contributed by atoms with Gasteiger partial charge in [0, 0.05) is 0 Å². The first-order chi connectivity index (χ1) is 5.36. The summed E-state index contributed by atoms with van der Waals surface area (Å²) in [6, 6.07) is 3.65. The van der Waals surface area contributed by atoms with Crippen LogP contribution in [0.1, 0.15) is 12.6 Å². The minimum absolute atomic E-state index is 0.0376. The maximum atomic E-state index is 8.65. The standard InChI is InChI=1S/C7H10N2OS/c1-2-11-7-4-3-6(5-10)8-9-7/h3-4,10H,2,5H2,1H3. The number of aromatic nitrogens is 2. The molecule has 0 spiro atoms. The van der Waals surface area contributed by atoms with Crippen molar-refractivity contribution in [2.24, 2.45) is 0 Å². The molecular weight excluding hydrogens is 160 g/mol. The molecule has 0 radical (unpaired) electrons. The van der Waals surface area contributed by atoms with Gasteiger partial charge in [-0.15, -0.1) is 16.9 Å². The molecule has 1 aromatic rings. The van der Waals surface area contributed by atoms with Gasteiger partial charge in [-0.3, -0.25) is 0 Å². The van der Waals surface area contributed by atoms with Crippen LogP contribution < -0.4 is 0 Å². The largest absolute Gasteiger partial charge is 0.390 e. The van der Waals surface area contributed by atoms with Crippen LogP contribution in [0, 0.1) is 0 Å².